The average Bonchev–Trinajstić information content (AvgIpc) is 3.50. The highest BCUT2D eigenvalue weighted by atomic mass is 16.3. The van der Waals surface area contributed by atoms with Crippen molar-refractivity contribution in [3.8, 4) is 11.1 Å². The number of hydrogen-bond acceptors (Lipinski definition) is 3. The summed E-state index contributed by atoms with van der Waals surface area (Å²) in [5.41, 5.74) is 16.4. The van der Waals surface area contributed by atoms with Crippen LogP contribution in [0.2, 0.25) is 0 Å². The molecule has 5 aromatic rings. The molecule has 2 N–H and O–H groups in total. The molecule has 2 unspecified atom stereocenters. The minimum Gasteiger partial charge on any atom is -0.468 e. The van der Waals surface area contributed by atoms with E-state index in [9.17, 15) is 0 Å². The maximum absolute atomic E-state index is 6.17. The van der Waals surface area contributed by atoms with Crippen LogP contribution >= 0.6 is 0 Å². The predicted octanol–water partition coefficient (Wildman–Crippen LogP) is 11.9. The van der Waals surface area contributed by atoms with E-state index in [2.05, 4.69) is 176 Å². The molecule has 0 amide bonds. The van der Waals surface area contributed by atoms with Crippen molar-refractivity contribution in [3.05, 3.63) is 207 Å². The topological polar surface area (TPSA) is 37.2 Å². The molecule has 0 spiro atoms. The summed E-state index contributed by atoms with van der Waals surface area (Å²) in [5, 5.41) is 10.3. The number of para-hydroxylation sites is 1. The quantitative estimate of drug-likeness (QED) is 0.150. The summed E-state index contributed by atoms with van der Waals surface area (Å²) in [6, 6.07) is 33.9. The normalized spacial score (nSPS) is 17.0. The van der Waals surface area contributed by atoms with Gasteiger partial charge in [-0.3, -0.25) is 0 Å². The summed E-state index contributed by atoms with van der Waals surface area (Å²) in [4.78, 5) is 0. The zero-order chi connectivity index (χ0) is 37.8. The summed E-state index contributed by atoms with van der Waals surface area (Å²) in [6.45, 7) is 4.63. The molecular formula is C53H50N2O. The van der Waals surface area contributed by atoms with Gasteiger partial charge in [-0.1, -0.05) is 121 Å². The Morgan fingerprint density at radius 1 is 0.661 bits per heavy atom. The minimum absolute atomic E-state index is 0.209. The number of rotatable bonds is 10. The van der Waals surface area contributed by atoms with E-state index in [-0.39, 0.29) is 12.0 Å². The summed E-state index contributed by atoms with van der Waals surface area (Å²) in [7, 11) is 0. The molecular weight excluding hydrogens is 681 g/mol. The van der Waals surface area contributed by atoms with Crippen LogP contribution in [0, 0.1) is 6.92 Å². The lowest BCUT2D eigenvalue weighted by molar-refractivity contribution is 0.508. The number of allylic oxidation sites excluding steroid dienone is 9. The van der Waals surface area contributed by atoms with E-state index in [0.717, 1.165) is 73.2 Å². The van der Waals surface area contributed by atoms with Crippen LogP contribution in [0.25, 0.3) is 28.3 Å². The van der Waals surface area contributed by atoms with Gasteiger partial charge in [0, 0.05) is 52.1 Å². The first-order valence-corrected chi connectivity index (χ1v) is 20.4. The van der Waals surface area contributed by atoms with Crippen LogP contribution in [-0.2, 0) is 6.42 Å². The number of anilines is 2. The second-order valence-corrected chi connectivity index (χ2v) is 15.5. The van der Waals surface area contributed by atoms with E-state index in [0.29, 0.717) is 0 Å². The van der Waals surface area contributed by atoms with Gasteiger partial charge in [0.1, 0.15) is 5.76 Å². The van der Waals surface area contributed by atoms with E-state index in [1.807, 2.05) is 6.26 Å². The van der Waals surface area contributed by atoms with Gasteiger partial charge in [0.15, 0.2) is 0 Å². The second kappa shape index (κ2) is 16.0. The van der Waals surface area contributed by atoms with Gasteiger partial charge in [0.25, 0.3) is 0 Å². The van der Waals surface area contributed by atoms with Gasteiger partial charge in [-0.05, 0) is 132 Å². The molecule has 56 heavy (non-hydrogen) atoms. The molecule has 0 radical (unpaired) electrons. The molecule has 9 rings (SSSR count). The smallest absolute Gasteiger partial charge is 0.111 e. The highest BCUT2D eigenvalue weighted by Crippen LogP contribution is 2.41. The van der Waals surface area contributed by atoms with Crippen LogP contribution in [0.3, 0.4) is 0 Å². The maximum atomic E-state index is 6.17. The lowest BCUT2D eigenvalue weighted by Crippen LogP contribution is -2.33. The third-order valence-corrected chi connectivity index (χ3v) is 11.9. The Kier molecular flexibility index (Phi) is 10.2. The Morgan fingerprint density at radius 2 is 1.43 bits per heavy atom. The fourth-order valence-electron chi connectivity index (χ4n) is 9.07. The van der Waals surface area contributed by atoms with Crippen molar-refractivity contribution in [3.63, 3.8) is 0 Å². The van der Waals surface area contributed by atoms with Crippen LogP contribution in [0.1, 0.15) is 84.9 Å². The molecule has 278 valence electrons. The number of fused-ring (bicyclic) bond motifs is 2. The second-order valence-electron chi connectivity index (χ2n) is 15.5. The van der Waals surface area contributed by atoms with Crippen molar-refractivity contribution in [1.29, 1.82) is 0 Å². The first kappa shape index (κ1) is 35.6. The minimum atomic E-state index is 0.209. The van der Waals surface area contributed by atoms with Crippen molar-refractivity contribution < 1.29 is 4.42 Å². The molecule has 0 aliphatic heterocycles. The molecule has 3 heteroatoms. The number of hydrogen-bond donors (Lipinski definition) is 2. The molecule has 1 aromatic heterocycles. The Morgan fingerprint density at radius 3 is 2.23 bits per heavy atom. The molecule has 4 aliphatic carbocycles. The van der Waals surface area contributed by atoms with Crippen molar-refractivity contribution in [2.45, 2.75) is 70.8 Å². The zero-order valence-corrected chi connectivity index (χ0v) is 32.5. The molecule has 1 heterocycles. The van der Waals surface area contributed by atoms with Gasteiger partial charge < -0.3 is 15.1 Å². The number of furan rings is 1. The first-order chi connectivity index (χ1) is 27.6. The molecule has 3 nitrogen and oxygen atoms in total. The Labute approximate surface area is 331 Å². The standard InChI is InChI=1S/C53H50N2O/c1-36-27-28-39(33-48(36)53(38-17-7-5-8-18-38)37(2)54-41-19-9-3-4-10-20-41)43-30-31-44(46-24-14-13-23-45(43)46)40-29-32-51(55-42-21-11-6-12-22-42)49(34-40)50-35-56-52-26-16-15-25-47(50)52/h3-4,6-7,9,11-15,17-25,27-29,32-35,37,53-55H,5,8,10,16,26,30-31H2,1-2H3. The summed E-state index contributed by atoms with van der Waals surface area (Å²) < 4.78 is 6.17. The van der Waals surface area contributed by atoms with Gasteiger partial charge in [0.2, 0.25) is 0 Å². The number of aryl methyl sites for hydroxylation is 2. The molecule has 2 atom stereocenters. The van der Waals surface area contributed by atoms with Crippen molar-refractivity contribution in [2.24, 2.45) is 0 Å². The van der Waals surface area contributed by atoms with Gasteiger partial charge in [-0.2, -0.15) is 0 Å². The van der Waals surface area contributed by atoms with E-state index in [1.165, 1.54) is 60.7 Å². The predicted molar refractivity (Wildman–Crippen MR) is 235 cm³/mol. The Hall–Kier alpha value is -6.06. The van der Waals surface area contributed by atoms with Gasteiger partial charge in [0.05, 0.1) is 6.26 Å². The molecule has 0 saturated carbocycles. The Bertz CT molecular complexity index is 2590. The third kappa shape index (κ3) is 7.22. The van der Waals surface area contributed by atoms with E-state index < -0.39 is 0 Å². The molecule has 4 aromatic carbocycles. The van der Waals surface area contributed by atoms with Crippen molar-refractivity contribution >= 4 is 28.6 Å². The van der Waals surface area contributed by atoms with Crippen molar-refractivity contribution in [2.75, 3.05) is 5.32 Å². The summed E-state index contributed by atoms with van der Waals surface area (Å²) >= 11 is 0. The van der Waals surface area contributed by atoms with E-state index >= 15 is 0 Å². The maximum Gasteiger partial charge on any atom is 0.111 e. The van der Waals surface area contributed by atoms with Gasteiger partial charge >= 0.3 is 0 Å². The van der Waals surface area contributed by atoms with Gasteiger partial charge in [-0.15, -0.1) is 0 Å². The van der Waals surface area contributed by atoms with Crippen LogP contribution < -0.4 is 21.1 Å². The first-order valence-electron chi connectivity index (χ1n) is 20.4. The molecule has 0 fully saturated rings. The fourth-order valence-corrected chi connectivity index (χ4v) is 9.07. The summed E-state index contributed by atoms with van der Waals surface area (Å²) in [6.07, 6.45) is 31.7. The Balaban J connectivity index is 1.15. The molecule has 4 aliphatic rings. The highest BCUT2D eigenvalue weighted by Gasteiger charge is 2.26. The highest BCUT2D eigenvalue weighted by molar-refractivity contribution is 5.89. The zero-order valence-electron chi connectivity index (χ0n) is 32.5. The summed E-state index contributed by atoms with van der Waals surface area (Å²) in [5.74, 6) is 1.30. The number of benzene rings is 4. The third-order valence-electron chi connectivity index (χ3n) is 11.9. The van der Waals surface area contributed by atoms with Crippen LogP contribution in [-0.4, -0.2) is 6.04 Å². The molecule has 0 bridgehead atoms. The largest absolute Gasteiger partial charge is 0.468 e. The van der Waals surface area contributed by atoms with Crippen LogP contribution in [0.15, 0.2) is 168 Å². The van der Waals surface area contributed by atoms with E-state index in [1.54, 1.807) is 0 Å². The molecule has 0 saturated heterocycles. The monoisotopic (exact) mass is 730 g/mol. The van der Waals surface area contributed by atoms with Crippen molar-refractivity contribution in [1.82, 2.24) is 5.32 Å². The average molecular weight is 731 g/mol. The van der Waals surface area contributed by atoms with Crippen LogP contribution in [0.5, 0.6) is 0 Å². The van der Waals surface area contributed by atoms with Crippen LogP contribution in [0.4, 0.5) is 11.4 Å². The number of nitrogens with one attached hydrogen (secondary N) is 2. The lowest BCUT2D eigenvalue weighted by atomic mass is 9.79. The van der Waals surface area contributed by atoms with Gasteiger partial charge in [-0.25, -0.2) is 0 Å². The lowest BCUT2D eigenvalue weighted by Gasteiger charge is -2.31. The fraction of sp³-hybridized carbons (Fsp3) is 0.208. The van der Waals surface area contributed by atoms with E-state index in [4.69, 9.17) is 4.42 Å². The SMILES string of the molecule is Cc1ccc(C2=c3ccccc3=C(c3ccc(Nc4ccccc4)c(-c4coc5c4C=CCC5)c3)CC2)cc1C(C1=CCCC=C1)C(C)NC1=CCC=CC=C1.